The summed E-state index contributed by atoms with van der Waals surface area (Å²) in [6.07, 6.45) is 3.41. The Balaban J connectivity index is 1.90. The van der Waals surface area contributed by atoms with Gasteiger partial charge in [0.25, 0.3) is 0 Å². The van der Waals surface area contributed by atoms with Gasteiger partial charge in [0.15, 0.2) is 0 Å². The van der Waals surface area contributed by atoms with E-state index < -0.39 is 5.41 Å². The molecule has 6 heteroatoms. The molecule has 2 rings (SSSR count). The highest BCUT2D eigenvalue weighted by atomic mass is 16.2. The fourth-order valence-electron chi connectivity index (χ4n) is 2.79. The number of carbonyl (C=O) groups is 2. The van der Waals surface area contributed by atoms with Crippen LogP contribution in [-0.4, -0.2) is 48.4 Å². The van der Waals surface area contributed by atoms with E-state index in [0.29, 0.717) is 12.4 Å². The highest BCUT2D eigenvalue weighted by Gasteiger charge is 2.37. The van der Waals surface area contributed by atoms with Crippen LogP contribution in [0.4, 0.5) is 5.82 Å². The molecule has 1 fully saturated rings. The first-order chi connectivity index (χ1) is 10.0. The second-order valence-electron chi connectivity index (χ2n) is 5.72. The fraction of sp³-hybridized carbons (Fsp3) is 0.533. The van der Waals surface area contributed by atoms with Gasteiger partial charge in [0.2, 0.25) is 11.8 Å². The zero-order valence-electron chi connectivity index (χ0n) is 12.6. The molecule has 0 radical (unpaired) electrons. The number of piperidine rings is 1. The molecule has 0 spiro atoms. The molecule has 1 aromatic rings. The van der Waals surface area contributed by atoms with Crippen molar-refractivity contribution in [2.45, 2.75) is 19.8 Å². The number of anilines is 1. The molecule has 2 N–H and O–H groups in total. The third-order valence-electron chi connectivity index (χ3n) is 3.85. The third kappa shape index (κ3) is 4.01. The molecule has 0 saturated carbocycles. The van der Waals surface area contributed by atoms with Gasteiger partial charge < -0.3 is 10.6 Å². The molecular formula is C15H22N4O2. The largest absolute Gasteiger partial charge is 0.359 e. The maximum Gasteiger partial charge on any atom is 0.239 e. The average molecular weight is 290 g/mol. The van der Waals surface area contributed by atoms with Gasteiger partial charge in [-0.2, -0.15) is 0 Å². The summed E-state index contributed by atoms with van der Waals surface area (Å²) in [6, 6.07) is 5.38. The van der Waals surface area contributed by atoms with Gasteiger partial charge in [-0.3, -0.25) is 14.5 Å². The number of nitrogens with zero attached hydrogens (tertiary/aromatic N) is 2. The smallest absolute Gasteiger partial charge is 0.239 e. The van der Waals surface area contributed by atoms with E-state index >= 15 is 0 Å². The van der Waals surface area contributed by atoms with Crippen molar-refractivity contribution < 1.29 is 9.59 Å². The zero-order valence-corrected chi connectivity index (χ0v) is 12.6. The lowest BCUT2D eigenvalue weighted by Gasteiger charge is -2.38. The van der Waals surface area contributed by atoms with Crippen molar-refractivity contribution in [3.05, 3.63) is 24.4 Å². The Morgan fingerprint density at radius 1 is 1.43 bits per heavy atom. The standard InChI is InChI=1S/C15H22N4O2/c1-15(14(21)16-2)7-5-9-19(11-15)10-13(20)18-12-6-3-4-8-17-12/h3-4,6,8H,5,7,9-11H2,1-2H3,(H,16,21)(H,17,18,20)/t15-/m0/s1. The van der Waals surface area contributed by atoms with Crippen LogP contribution in [0.5, 0.6) is 0 Å². The predicted molar refractivity (Wildman–Crippen MR) is 80.7 cm³/mol. The van der Waals surface area contributed by atoms with Crippen LogP contribution in [0.1, 0.15) is 19.8 Å². The molecule has 1 aromatic heterocycles. The molecule has 21 heavy (non-hydrogen) atoms. The monoisotopic (exact) mass is 290 g/mol. The maximum absolute atomic E-state index is 12.0. The molecule has 2 heterocycles. The van der Waals surface area contributed by atoms with E-state index in [4.69, 9.17) is 0 Å². The van der Waals surface area contributed by atoms with Crippen LogP contribution >= 0.6 is 0 Å². The summed E-state index contributed by atoms with van der Waals surface area (Å²) in [7, 11) is 1.65. The van der Waals surface area contributed by atoms with Crippen molar-refractivity contribution in [1.29, 1.82) is 0 Å². The highest BCUT2D eigenvalue weighted by molar-refractivity contribution is 5.91. The van der Waals surface area contributed by atoms with E-state index in [1.807, 2.05) is 17.9 Å². The number of hydrogen-bond acceptors (Lipinski definition) is 4. The fourth-order valence-corrected chi connectivity index (χ4v) is 2.79. The number of rotatable bonds is 4. The van der Waals surface area contributed by atoms with E-state index in [2.05, 4.69) is 15.6 Å². The lowest BCUT2D eigenvalue weighted by molar-refractivity contribution is -0.133. The molecule has 6 nitrogen and oxygen atoms in total. The van der Waals surface area contributed by atoms with Crippen molar-refractivity contribution in [2.24, 2.45) is 5.41 Å². The quantitative estimate of drug-likeness (QED) is 0.863. The number of nitrogens with one attached hydrogen (secondary N) is 2. The van der Waals surface area contributed by atoms with E-state index in [1.165, 1.54) is 0 Å². The Morgan fingerprint density at radius 3 is 2.90 bits per heavy atom. The molecule has 0 aliphatic carbocycles. The van der Waals surface area contributed by atoms with Crippen LogP contribution in [0.25, 0.3) is 0 Å². The molecule has 1 atom stereocenters. The van der Waals surface area contributed by atoms with Crippen LogP contribution < -0.4 is 10.6 Å². The average Bonchev–Trinajstić information content (AvgIpc) is 2.47. The second-order valence-corrected chi connectivity index (χ2v) is 5.72. The Kier molecular flexibility index (Phi) is 4.90. The van der Waals surface area contributed by atoms with Crippen LogP contribution in [0.15, 0.2) is 24.4 Å². The van der Waals surface area contributed by atoms with Gasteiger partial charge >= 0.3 is 0 Å². The summed E-state index contributed by atoms with van der Waals surface area (Å²) >= 11 is 0. The summed E-state index contributed by atoms with van der Waals surface area (Å²) in [4.78, 5) is 30.1. The molecule has 1 saturated heterocycles. The topological polar surface area (TPSA) is 74.3 Å². The minimum absolute atomic E-state index is 0.0392. The lowest BCUT2D eigenvalue weighted by Crippen LogP contribution is -2.51. The minimum atomic E-state index is -0.418. The molecule has 0 bridgehead atoms. The first-order valence-electron chi connectivity index (χ1n) is 7.19. The lowest BCUT2D eigenvalue weighted by atomic mass is 9.81. The SMILES string of the molecule is CNC(=O)[C@@]1(C)CCCN(CC(=O)Nc2ccccn2)C1. The van der Waals surface area contributed by atoms with Gasteiger partial charge in [-0.15, -0.1) is 0 Å². The number of hydrogen-bond donors (Lipinski definition) is 2. The Hall–Kier alpha value is -1.95. The molecular weight excluding hydrogens is 268 g/mol. The number of carbonyl (C=O) groups excluding carboxylic acids is 2. The number of likely N-dealkylation sites (tertiary alicyclic amines) is 1. The molecule has 114 valence electrons. The second kappa shape index (κ2) is 6.67. The van der Waals surface area contributed by atoms with Crippen molar-refractivity contribution >= 4 is 17.6 Å². The highest BCUT2D eigenvalue weighted by Crippen LogP contribution is 2.29. The number of amides is 2. The van der Waals surface area contributed by atoms with Crippen molar-refractivity contribution in [3.8, 4) is 0 Å². The molecule has 1 aliphatic heterocycles. The molecule has 0 aromatic carbocycles. The van der Waals surface area contributed by atoms with Crippen molar-refractivity contribution in [1.82, 2.24) is 15.2 Å². The summed E-state index contributed by atoms with van der Waals surface area (Å²) in [5, 5.41) is 5.48. The Labute approximate surface area is 124 Å². The summed E-state index contributed by atoms with van der Waals surface area (Å²) in [5.41, 5.74) is -0.418. The molecule has 2 amide bonds. The Bertz CT molecular complexity index is 506. The maximum atomic E-state index is 12.0. The summed E-state index contributed by atoms with van der Waals surface area (Å²) in [6.45, 7) is 3.67. The van der Waals surface area contributed by atoms with Crippen LogP contribution in [-0.2, 0) is 9.59 Å². The van der Waals surface area contributed by atoms with Gasteiger partial charge in [0.05, 0.1) is 12.0 Å². The van der Waals surface area contributed by atoms with Gasteiger partial charge in [-0.1, -0.05) is 6.07 Å². The van der Waals surface area contributed by atoms with E-state index in [1.54, 1.807) is 25.4 Å². The van der Waals surface area contributed by atoms with E-state index in [0.717, 1.165) is 19.4 Å². The van der Waals surface area contributed by atoms with Gasteiger partial charge in [0, 0.05) is 19.8 Å². The molecule has 1 aliphatic rings. The van der Waals surface area contributed by atoms with Crippen LogP contribution in [0.3, 0.4) is 0 Å². The summed E-state index contributed by atoms with van der Waals surface area (Å²) < 4.78 is 0. The first-order valence-corrected chi connectivity index (χ1v) is 7.19. The van der Waals surface area contributed by atoms with Crippen molar-refractivity contribution in [2.75, 3.05) is 32.0 Å². The van der Waals surface area contributed by atoms with Gasteiger partial charge in [-0.05, 0) is 38.4 Å². The first kappa shape index (κ1) is 15.4. The normalized spacial score (nSPS) is 22.6. The van der Waals surface area contributed by atoms with E-state index in [9.17, 15) is 9.59 Å². The summed E-state index contributed by atoms with van der Waals surface area (Å²) in [5.74, 6) is 0.487. The zero-order chi connectivity index (χ0) is 15.3. The van der Waals surface area contributed by atoms with Crippen LogP contribution in [0, 0.1) is 5.41 Å². The number of aromatic nitrogens is 1. The van der Waals surface area contributed by atoms with E-state index in [-0.39, 0.29) is 18.4 Å². The Morgan fingerprint density at radius 2 is 2.24 bits per heavy atom. The third-order valence-corrected chi connectivity index (χ3v) is 3.85. The van der Waals surface area contributed by atoms with Crippen molar-refractivity contribution in [3.63, 3.8) is 0 Å². The van der Waals surface area contributed by atoms with Crippen LogP contribution in [0.2, 0.25) is 0 Å². The minimum Gasteiger partial charge on any atom is -0.359 e. The molecule has 0 unspecified atom stereocenters. The number of pyridine rings is 1. The van der Waals surface area contributed by atoms with Gasteiger partial charge in [-0.25, -0.2) is 4.98 Å². The predicted octanol–water partition coefficient (Wildman–Crippen LogP) is 0.868. The van der Waals surface area contributed by atoms with Gasteiger partial charge in [0.1, 0.15) is 5.82 Å².